The van der Waals surface area contributed by atoms with Crippen LogP contribution in [0.15, 0.2) is 41.9 Å². The number of para-hydroxylation sites is 1. The van der Waals surface area contributed by atoms with Crippen LogP contribution < -0.4 is 5.32 Å². The number of nitrogens with zero attached hydrogens (tertiary/aromatic N) is 2. The molecule has 0 fully saturated rings. The zero-order valence-electron chi connectivity index (χ0n) is 12.3. The Labute approximate surface area is 129 Å². The number of hydrogen-bond donors (Lipinski definition) is 1. The zero-order valence-corrected chi connectivity index (χ0v) is 13.2. The highest BCUT2D eigenvalue weighted by Crippen LogP contribution is 2.26. The minimum atomic E-state index is 0.249. The molecule has 21 heavy (non-hydrogen) atoms. The van der Waals surface area contributed by atoms with Gasteiger partial charge in [0.05, 0.1) is 10.5 Å². The molecule has 0 radical (unpaired) electrons. The molecule has 0 bridgehead atoms. The molecule has 3 rings (SSSR count). The molecule has 1 N–H and O–H groups in total. The second kappa shape index (κ2) is 6.33. The molecule has 108 valence electrons. The molecule has 0 aliphatic rings. The summed E-state index contributed by atoms with van der Waals surface area (Å²) in [4.78, 5) is 9.17. The number of aromatic nitrogens is 2. The predicted octanol–water partition coefficient (Wildman–Crippen LogP) is 3.89. The number of pyridine rings is 1. The molecule has 2 heterocycles. The van der Waals surface area contributed by atoms with Gasteiger partial charge in [0.25, 0.3) is 0 Å². The summed E-state index contributed by atoms with van der Waals surface area (Å²) in [7, 11) is 0. The molecule has 2 aromatic heterocycles. The van der Waals surface area contributed by atoms with Gasteiger partial charge in [0.2, 0.25) is 0 Å². The maximum Gasteiger partial charge on any atom is 0.0947 e. The van der Waals surface area contributed by atoms with Gasteiger partial charge in [-0.2, -0.15) is 0 Å². The van der Waals surface area contributed by atoms with E-state index in [4.69, 9.17) is 0 Å². The lowest BCUT2D eigenvalue weighted by Crippen LogP contribution is -2.23. The van der Waals surface area contributed by atoms with Gasteiger partial charge in [-0.15, -0.1) is 11.3 Å². The molecular formula is C17H19N3S. The zero-order chi connectivity index (χ0) is 14.7. The number of rotatable bonds is 5. The van der Waals surface area contributed by atoms with E-state index in [1.165, 1.54) is 16.0 Å². The molecule has 3 nitrogen and oxygen atoms in total. The minimum absolute atomic E-state index is 0.249. The fourth-order valence-electron chi connectivity index (χ4n) is 2.62. The maximum atomic E-state index is 4.60. The lowest BCUT2D eigenvalue weighted by atomic mass is 10.0. The molecule has 0 aliphatic carbocycles. The smallest absolute Gasteiger partial charge is 0.0947 e. The summed E-state index contributed by atoms with van der Waals surface area (Å²) in [5.41, 5.74) is 3.43. The van der Waals surface area contributed by atoms with Gasteiger partial charge in [-0.05, 0) is 25.1 Å². The van der Waals surface area contributed by atoms with Crippen molar-refractivity contribution in [1.29, 1.82) is 0 Å². The van der Waals surface area contributed by atoms with E-state index in [2.05, 4.69) is 51.9 Å². The SMILES string of the molecule is CCNC(Cc1nc(C)cs1)c1cccc2cccnc12. The third-order valence-electron chi connectivity index (χ3n) is 3.54. The molecule has 1 atom stereocenters. The number of thiazole rings is 1. The number of fused-ring (bicyclic) bond motifs is 1. The number of hydrogen-bond acceptors (Lipinski definition) is 4. The summed E-state index contributed by atoms with van der Waals surface area (Å²) >= 11 is 1.73. The van der Waals surface area contributed by atoms with E-state index in [9.17, 15) is 0 Å². The molecule has 1 unspecified atom stereocenters. The summed E-state index contributed by atoms with van der Waals surface area (Å²) in [6.07, 6.45) is 2.77. The van der Waals surface area contributed by atoms with Crippen molar-refractivity contribution in [2.45, 2.75) is 26.3 Å². The van der Waals surface area contributed by atoms with Gasteiger partial charge in [-0.25, -0.2) is 4.98 Å². The standard InChI is InChI=1S/C17H19N3S/c1-3-18-15(10-16-20-12(2)11-21-16)14-8-4-6-13-7-5-9-19-17(13)14/h4-9,11,15,18H,3,10H2,1-2H3. The van der Waals surface area contributed by atoms with E-state index in [0.29, 0.717) is 0 Å². The van der Waals surface area contributed by atoms with Crippen LogP contribution in [0.3, 0.4) is 0 Å². The lowest BCUT2D eigenvalue weighted by Gasteiger charge is -2.18. The first-order valence-electron chi connectivity index (χ1n) is 7.26. The molecule has 0 spiro atoms. The van der Waals surface area contributed by atoms with Gasteiger partial charge in [0, 0.05) is 35.1 Å². The average molecular weight is 297 g/mol. The average Bonchev–Trinajstić information content (AvgIpc) is 2.91. The van der Waals surface area contributed by atoms with Crippen molar-refractivity contribution in [3.8, 4) is 0 Å². The van der Waals surface area contributed by atoms with E-state index >= 15 is 0 Å². The van der Waals surface area contributed by atoms with Crippen LogP contribution in [0.2, 0.25) is 0 Å². The van der Waals surface area contributed by atoms with Gasteiger partial charge in [0.1, 0.15) is 0 Å². The van der Waals surface area contributed by atoms with Crippen LogP contribution in [-0.4, -0.2) is 16.5 Å². The van der Waals surface area contributed by atoms with Crippen LogP contribution in [0.5, 0.6) is 0 Å². The summed E-state index contributed by atoms with van der Waals surface area (Å²) in [5.74, 6) is 0. The van der Waals surface area contributed by atoms with E-state index < -0.39 is 0 Å². The second-order valence-corrected chi connectivity index (χ2v) is 6.06. The number of aryl methyl sites for hydroxylation is 1. The summed E-state index contributed by atoms with van der Waals surface area (Å²) in [6, 6.07) is 10.7. The Morgan fingerprint density at radius 1 is 1.24 bits per heavy atom. The molecule has 1 aromatic carbocycles. The lowest BCUT2D eigenvalue weighted by molar-refractivity contribution is 0.551. The van der Waals surface area contributed by atoms with Crippen molar-refractivity contribution in [2.24, 2.45) is 0 Å². The molecule has 3 aromatic rings. The van der Waals surface area contributed by atoms with Crippen molar-refractivity contribution in [2.75, 3.05) is 6.54 Å². The third kappa shape index (κ3) is 3.12. The first-order valence-corrected chi connectivity index (χ1v) is 8.14. The Hall–Kier alpha value is -1.78. The largest absolute Gasteiger partial charge is 0.310 e. The third-order valence-corrected chi connectivity index (χ3v) is 4.52. The Balaban J connectivity index is 1.98. The second-order valence-electron chi connectivity index (χ2n) is 5.12. The Kier molecular flexibility index (Phi) is 4.27. The molecule has 0 amide bonds. The maximum absolute atomic E-state index is 4.60. The quantitative estimate of drug-likeness (QED) is 0.776. The number of nitrogens with one attached hydrogen (secondary N) is 1. The highest BCUT2D eigenvalue weighted by Gasteiger charge is 2.16. The van der Waals surface area contributed by atoms with E-state index in [0.717, 1.165) is 24.2 Å². The highest BCUT2D eigenvalue weighted by atomic mass is 32.1. The van der Waals surface area contributed by atoms with E-state index in [1.807, 2.05) is 19.2 Å². The van der Waals surface area contributed by atoms with Gasteiger partial charge in [-0.3, -0.25) is 4.98 Å². The first-order chi connectivity index (χ1) is 10.3. The summed E-state index contributed by atoms with van der Waals surface area (Å²) in [6.45, 7) is 5.11. The van der Waals surface area contributed by atoms with Gasteiger partial charge in [-0.1, -0.05) is 31.2 Å². The van der Waals surface area contributed by atoms with Crippen molar-refractivity contribution < 1.29 is 0 Å². The fourth-order valence-corrected chi connectivity index (χ4v) is 3.44. The van der Waals surface area contributed by atoms with Crippen molar-refractivity contribution in [1.82, 2.24) is 15.3 Å². The van der Waals surface area contributed by atoms with Crippen LogP contribution in [0.4, 0.5) is 0 Å². The van der Waals surface area contributed by atoms with Crippen molar-refractivity contribution in [3.05, 3.63) is 58.2 Å². The number of likely N-dealkylation sites (N-methyl/N-ethyl adjacent to an activating group) is 1. The highest BCUT2D eigenvalue weighted by molar-refractivity contribution is 7.09. The molecular weight excluding hydrogens is 278 g/mol. The number of benzene rings is 1. The van der Waals surface area contributed by atoms with E-state index in [1.54, 1.807) is 11.3 Å². The molecule has 0 saturated heterocycles. The van der Waals surface area contributed by atoms with Crippen LogP contribution in [-0.2, 0) is 6.42 Å². The first kappa shape index (κ1) is 14.2. The van der Waals surface area contributed by atoms with Crippen LogP contribution in [0.25, 0.3) is 10.9 Å². The molecule has 4 heteroatoms. The summed E-state index contributed by atoms with van der Waals surface area (Å²) in [5, 5.41) is 8.05. The van der Waals surface area contributed by atoms with Gasteiger partial charge in [0.15, 0.2) is 0 Å². The minimum Gasteiger partial charge on any atom is -0.310 e. The van der Waals surface area contributed by atoms with Crippen LogP contribution in [0, 0.1) is 6.92 Å². The van der Waals surface area contributed by atoms with Crippen LogP contribution in [0.1, 0.15) is 29.2 Å². The molecule has 0 saturated carbocycles. The van der Waals surface area contributed by atoms with Gasteiger partial charge < -0.3 is 5.32 Å². The van der Waals surface area contributed by atoms with Gasteiger partial charge >= 0.3 is 0 Å². The Bertz CT molecular complexity index is 730. The Morgan fingerprint density at radius 2 is 2.10 bits per heavy atom. The topological polar surface area (TPSA) is 37.8 Å². The van der Waals surface area contributed by atoms with Crippen molar-refractivity contribution >= 4 is 22.2 Å². The predicted molar refractivity (Wildman–Crippen MR) is 88.7 cm³/mol. The Morgan fingerprint density at radius 3 is 2.86 bits per heavy atom. The normalized spacial score (nSPS) is 12.7. The summed E-state index contributed by atoms with van der Waals surface area (Å²) < 4.78 is 0. The van der Waals surface area contributed by atoms with E-state index in [-0.39, 0.29) is 6.04 Å². The fraction of sp³-hybridized carbons (Fsp3) is 0.294. The van der Waals surface area contributed by atoms with Crippen molar-refractivity contribution in [3.63, 3.8) is 0 Å². The van der Waals surface area contributed by atoms with Crippen LogP contribution >= 0.6 is 11.3 Å². The monoisotopic (exact) mass is 297 g/mol. The molecule has 0 aliphatic heterocycles.